The Morgan fingerprint density at radius 2 is 2.17 bits per heavy atom. The van der Waals surface area contributed by atoms with Crippen LogP contribution in [0.5, 0.6) is 5.88 Å². The lowest BCUT2D eigenvalue weighted by Gasteiger charge is -2.23. The van der Waals surface area contributed by atoms with Gasteiger partial charge in [-0.2, -0.15) is 14.7 Å². The van der Waals surface area contributed by atoms with Gasteiger partial charge in [0.05, 0.1) is 7.11 Å². The van der Waals surface area contributed by atoms with Gasteiger partial charge in [-0.1, -0.05) is 6.92 Å². The van der Waals surface area contributed by atoms with Crippen molar-refractivity contribution in [2.75, 3.05) is 17.4 Å². The van der Waals surface area contributed by atoms with Gasteiger partial charge >= 0.3 is 0 Å². The van der Waals surface area contributed by atoms with Crippen molar-refractivity contribution in [3.8, 4) is 5.88 Å². The van der Waals surface area contributed by atoms with Crippen LogP contribution in [0.25, 0.3) is 10.9 Å². The second kappa shape index (κ2) is 8.57. The van der Waals surface area contributed by atoms with Crippen molar-refractivity contribution >= 4 is 40.5 Å². The normalized spacial score (nSPS) is 11.7. The molecule has 0 fully saturated rings. The zero-order chi connectivity index (χ0) is 21.8. The maximum Gasteiger partial charge on any atom is 0.258 e. The Hall–Kier alpha value is -3.99. The van der Waals surface area contributed by atoms with Crippen molar-refractivity contribution in [3.63, 3.8) is 0 Å². The lowest BCUT2D eigenvalue weighted by Crippen LogP contribution is -2.43. The molecule has 0 saturated heterocycles. The van der Waals surface area contributed by atoms with Gasteiger partial charge in [0.1, 0.15) is 17.9 Å². The molecule has 0 aliphatic rings. The van der Waals surface area contributed by atoms with Gasteiger partial charge in [0.15, 0.2) is 12.0 Å². The van der Waals surface area contributed by atoms with E-state index in [4.69, 9.17) is 16.3 Å². The molecular weight excluding hydrogens is 390 g/mol. The molecule has 0 aliphatic heterocycles. The summed E-state index contributed by atoms with van der Waals surface area (Å²) in [6.07, 6.45) is 2.49. The third-order valence-corrected chi connectivity index (χ3v) is 4.49. The van der Waals surface area contributed by atoms with Crippen molar-refractivity contribution in [3.05, 3.63) is 47.3 Å². The van der Waals surface area contributed by atoms with Gasteiger partial charge < -0.3 is 25.8 Å². The molecule has 11 nitrogen and oxygen atoms in total. The predicted molar refractivity (Wildman–Crippen MR) is 110 cm³/mol. The number of carbonyl (C=O) groups excluding carboxylic acids is 2. The molecule has 30 heavy (non-hydrogen) atoms. The molecule has 1 atom stereocenters. The second-order valence-electron chi connectivity index (χ2n) is 6.37. The monoisotopic (exact) mass is 411 g/mol. The maximum atomic E-state index is 12.1. The average molecular weight is 411 g/mol. The van der Waals surface area contributed by atoms with Crippen molar-refractivity contribution in [1.29, 1.82) is 0 Å². The number of hydrogen-bond donors (Lipinski definition) is 3. The molecule has 0 radical (unpaired) electrons. The number of pyridine rings is 1. The Bertz CT molecular complexity index is 1110. The lowest BCUT2D eigenvalue weighted by atomic mass is 10.2. The minimum absolute atomic E-state index is 0.0310. The van der Waals surface area contributed by atoms with Gasteiger partial charge in [-0.3, -0.25) is 9.80 Å². The summed E-state index contributed by atoms with van der Waals surface area (Å²) in [6.45, 7) is 1.78. The van der Waals surface area contributed by atoms with Crippen LogP contribution in [-0.4, -0.2) is 35.3 Å². The number of benzene rings is 1. The summed E-state index contributed by atoms with van der Waals surface area (Å²) < 4.78 is 5.95. The number of nitrogens with two attached hydrogens (primary N) is 2. The van der Waals surface area contributed by atoms with Crippen molar-refractivity contribution in [2.24, 2.45) is 11.6 Å². The molecule has 2 aromatic heterocycles. The van der Waals surface area contributed by atoms with Gasteiger partial charge in [-0.25, -0.2) is 5.84 Å². The number of ether oxygens (including phenoxy) is 1. The number of nitrogens with one attached hydrogen (secondary N) is 1. The number of methoxy groups -OCH3 is 1. The molecule has 1 amide bonds. The highest BCUT2D eigenvalue weighted by Crippen LogP contribution is 2.29. The number of amides is 1. The number of fused-ring (bicyclic) bond motifs is 1. The Balaban J connectivity index is 2.10. The first-order valence-corrected chi connectivity index (χ1v) is 9.03. The highest BCUT2D eigenvalue weighted by molar-refractivity contribution is 6.01. The molecule has 0 aliphatic carbocycles. The fourth-order valence-corrected chi connectivity index (χ4v) is 2.92. The number of primary amides is 1. The third-order valence-electron chi connectivity index (χ3n) is 4.49. The molecule has 3 aromatic rings. The molecule has 1 aromatic carbocycles. The van der Waals surface area contributed by atoms with Crippen LogP contribution in [0.3, 0.4) is 0 Å². The SMILES string of the molecule is CC[C@H](C=O)N(N)c1nc(Nc2ccc3c(ccc[n+]3[O-])c2)c(C(N)=O)c(OC)n1. The van der Waals surface area contributed by atoms with Crippen molar-refractivity contribution in [1.82, 2.24) is 9.97 Å². The summed E-state index contributed by atoms with van der Waals surface area (Å²) in [4.78, 5) is 31.7. The van der Waals surface area contributed by atoms with Gasteiger partial charge in [0.25, 0.3) is 5.91 Å². The first-order valence-electron chi connectivity index (χ1n) is 9.03. The third kappa shape index (κ3) is 3.91. The van der Waals surface area contributed by atoms with Gasteiger partial charge in [0.2, 0.25) is 17.3 Å². The molecule has 5 N–H and O–H groups in total. The number of rotatable bonds is 8. The first-order chi connectivity index (χ1) is 14.4. The summed E-state index contributed by atoms with van der Waals surface area (Å²) in [5.41, 5.74) is 6.44. The zero-order valence-corrected chi connectivity index (χ0v) is 16.4. The summed E-state index contributed by atoms with van der Waals surface area (Å²) in [6, 6.07) is 7.71. The summed E-state index contributed by atoms with van der Waals surface area (Å²) in [5.74, 6) is 5.11. The molecular formula is C19H21N7O4. The van der Waals surface area contributed by atoms with E-state index in [0.717, 1.165) is 9.74 Å². The maximum absolute atomic E-state index is 12.1. The van der Waals surface area contributed by atoms with Crippen LogP contribution >= 0.6 is 0 Å². The number of hydrogen-bond acceptors (Lipinski definition) is 9. The molecule has 156 valence electrons. The summed E-state index contributed by atoms with van der Waals surface area (Å²) in [5, 5.41) is 16.6. The van der Waals surface area contributed by atoms with Crippen LogP contribution in [-0.2, 0) is 4.79 Å². The van der Waals surface area contributed by atoms with E-state index in [-0.39, 0.29) is 23.2 Å². The van der Waals surface area contributed by atoms with E-state index >= 15 is 0 Å². The van der Waals surface area contributed by atoms with Crippen LogP contribution in [0.1, 0.15) is 23.7 Å². The minimum Gasteiger partial charge on any atom is -0.618 e. The van der Waals surface area contributed by atoms with Crippen LogP contribution in [0.4, 0.5) is 17.5 Å². The Morgan fingerprint density at radius 1 is 1.40 bits per heavy atom. The number of anilines is 3. The molecule has 0 saturated carbocycles. The second-order valence-corrected chi connectivity index (χ2v) is 6.37. The van der Waals surface area contributed by atoms with E-state index in [9.17, 15) is 14.8 Å². The van der Waals surface area contributed by atoms with Crippen LogP contribution in [0, 0.1) is 5.21 Å². The molecule has 0 bridgehead atoms. The largest absolute Gasteiger partial charge is 0.618 e. The molecule has 0 spiro atoms. The number of aromatic nitrogens is 3. The molecule has 11 heteroatoms. The molecule has 2 heterocycles. The zero-order valence-electron chi connectivity index (χ0n) is 16.4. The number of carbonyl (C=O) groups is 2. The van der Waals surface area contributed by atoms with E-state index in [0.29, 0.717) is 29.3 Å². The van der Waals surface area contributed by atoms with Gasteiger partial charge in [-0.15, -0.1) is 0 Å². The lowest BCUT2D eigenvalue weighted by molar-refractivity contribution is -0.577. The van der Waals surface area contributed by atoms with E-state index in [1.165, 1.54) is 13.3 Å². The fraction of sp³-hybridized carbons (Fsp3) is 0.211. The Morgan fingerprint density at radius 3 is 2.80 bits per heavy atom. The van der Waals surface area contributed by atoms with Crippen molar-refractivity contribution < 1.29 is 19.1 Å². The number of aldehydes is 1. The Kier molecular flexibility index (Phi) is 5.93. The van der Waals surface area contributed by atoms with Crippen molar-refractivity contribution in [2.45, 2.75) is 19.4 Å². The number of nitrogens with zero attached hydrogens (tertiary/aromatic N) is 4. The Labute approximate surface area is 171 Å². The van der Waals surface area contributed by atoms with Gasteiger partial charge in [-0.05, 0) is 24.6 Å². The van der Waals surface area contributed by atoms with Crippen LogP contribution in [0.2, 0.25) is 0 Å². The topological polar surface area (TPSA) is 163 Å². The van der Waals surface area contributed by atoms with Crippen LogP contribution < -0.4 is 31.4 Å². The highest BCUT2D eigenvalue weighted by atomic mass is 16.5. The standard InChI is InChI=1S/C19H21N7O4/c1-3-13(10-27)26(21)19-23-17(15(16(20)28)18(24-19)30-2)22-12-6-7-14-11(9-12)5-4-8-25(14)29/h4-10,13H,3,21H2,1-2H3,(H2,20,28)(H,22,23,24)/t13-/m1/s1. The summed E-state index contributed by atoms with van der Waals surface area (Å²) >= 11 is 0. The minimum atomic E-state index is -0.815. The summed E-state index contributed by atoms with van der Waals surface area (Å²) in [7, 11) is 1.32. The van der Waals surface area contributed by atoms with E-state index in [1.807, 2.05) is 0 Å². The van der Waals surface area contributed by atoms with E-state index in [2.05, 4.69) is 15.3 Å². The molecule has 3 rings (SSSR count). The first kappa shape index (κ1) is 20.7. The quantitative estimate of drug-likeness (QED) is 0.160. The number of hydrazine groups is 1. The fourth-order valence-electron chi connectivity index (χ4n) is 2.92. The average Bonchev–Trinajstić information content (AvgIpc) is 2.73. The van der Waals surface area contributed by atoms with Gasteiger partial charge in [0, 0.05) is 23.2 Å². The van der Waals surface area contributed by atoms with E-state index < -0.39 is 11.9 Å². The van der Waals surface area contributed by atoms with E-state index in [1.54, 1.807) is 37.3 Å². The smallest absolute Gasteiger partial charge is 0.258 e. The molecule has 0 unspecified atom stereocenters. The van der Waals surface area contributed by atoms with Crippen LogP contribution in [0.15, 0.2) is 36.5 Å². The predicted octanol–water partition coefficient (Wildman–Crippen LogP) is 0.772. The highest BCUT2D eigenvalue weighted by Gasteiger charge is 2.24.